The molecule has 4 rings (SSSR count). The van der Waals surface area contributed by atoms with E-state index in [-0.39, 0.29) is 12.0 Å². The maximum absolute atomic E-state index is 13.0. The third-order valence-electron chi connectivity index (χ3n) is 4.92. The molecule has 0 radical (unpaired) electrons. The van der Waals surface area contributed by atoms with Crippen LogP contribution in [0.2, 0.25) is 0 Å². The molecule has 2 aromatic heterocycles. The number of carbonyl (C=O) groups is 1. The lowest BCUT2D eigenvalue weighted by atomic mass is 10.0. The number of ether oxygens (including phenoxy) is 1. The molecule has 0 N–H and O–H groups in total. The van der Waals surface area contributed by atoms with Crippen LogP contribution in [-0.2, 0) is 4.74 Å². The summed E-state index contributed by atoms with van der Waals surface area (Å²) in [5.41, 5.74) is 3.65. The molecular formula is C20H23N5O2. The second-order valence-electron chi connectivity index (χ2n) is 7.18. The quantitative estimate of drug-likeness (QED) is 0.714. The average molecular weight is 365 g/mol. The number of benzene rings is 1. The Bertz CT molecular complexity index is 964. The van der Waals surface area contributed by atoms with Gasteiger partial charge in [0.25, 0.3) is 11.7 Å². The summed E-state index contributed by atoms with van der Waals surface area (Å²) in [4.78, 5) is 23.3. The van der Waals surface area contributed by atoms with Crippen LogP contribution in [0.15, 0.2) is 36.7 Å². The van der Waals surface area contributed by atoms with Crippen LogP contribution in [0.1, 0.15) is 53.2 Å². The minimum absolute atomic E-state index is 0.0271. The van der Waals surface area contributed by atoms with Crippen molar-refractivity contribution in [3.63, 3.8) is 0 Å². The molecule has 7 nitrogen and oxygen atoms in total. The van der Waals surface area contributed by atoms with E-state index in [1.807, 2.05) is 42.2 Å². The fourth-order valence-electron chi connectivity index (χ4n) is 3.39. The van der Waals surface area contributed by atoms with Gasteiger partial charge in [-0.3, -0.25) is 4.79 Å². The number of aryl methyl sites for hydroxylation is 1. The van der Waals surface area contributed by atoms with Gasteiger partial charge in [-0.05, 0) is 36.6 Å². The van der Waals surface area contributed by atoms with E-state index < -0.39 is 0 Å². The Morgan fingerprint density at radius 2 is 2.04 bits per heavy atom. The molecule has 0 bridgehead atoms. The highest BCUT2D eigenvalue weighted by molar-refractivity contribution is 5.94. The summed E-state index contributed by atoms with van der Waals surface area (Å²) in [6.07, 6.45) is 1.22. The first-order valence-electron chi connectivity index (χ1n) is 9.21. The lowest BCUT2D eigenvalue weighted by Crippen LogP contribution is -2.42. The van der Waals surface area contributed by atoms with E-state index in [1.165, 1.54) is 11.9 Å². The summed E-state index contributed by atoms with van der Waals surface area (Å²) in [5, 5.41) is 4.25. The lowest BCUT2D eigenvalue weighted by Gasteiger charge is -2.33. The third kappa shape index (κ3) is 3.42. The summed E-state index contributed by atoms with van der Waals surface area (Å²) in [5.74, 6) is 1.02. The van der Waals surface area contributed by atoms with E-state index in [0.717, 1.165) is 11.4 Å². The summed E-state index contributed by atoms with van der Waals surface area (Å²) in [6.45, 7) is 7.74. The predicted octanol–water partition coefficient (Wildman–Crippen LogP) is 2.77. The fraction of sp³-hybridized carbons (Fsp3) is 0.400. The second-order valence-corrected chi connectivity index (χ2v) is 7.18. The molecule has 0 spiro atoms. The highest BCUT2D eigenvalue weighted by Gasteiger charge is 2.28. The van der Waals surface area contributed by atoms with Crippen LogP contribution in [0.4, 0.5) is 0 Å². The van der Waals surface area contributed by atoms with Crippen LogP contribution >= 0.6 is 0 Å². The summed E-state index contributed by atoms with van der Waals surface area (Å²) < 4.78 is 7.64. The maximum Gasteiger partial charge on any atom is 0.254 e. The second kappa shape index (κ2) is 7.08. The van der Waals surface area contributed by atoms with E-state index in [4.69, 9.17) is 4.74 Å². The highest BCUT2D eigenvalue weighted by Crippen LogP contribution is 2.24. The summed E-state index contributed by atoms with van der Waals surface area (Å²) in [6, 6.07) is 9.82. The number of hydrogen-bond acceptors (Lipinski definition) is 5. The molecular weight excluding hydrogens is 342 g/mol. The molecule has 27 heavy (non-hydrogen) atoms. The van der Waals surface area contributed by atoms with Crippen molar-refractivity contribution in [2.24, 2.45) is 0 Å². The summed E-state index contributed by atoms with van der Waals surface area (Å²) in [7, 11) is 0. The Morgan fingerprint density at radius 1 is 1.26 bits per heavy atom. The zero-order valence-corrected chi connectivity index (χ0v) is 15.8. The molecule has 1 fully saturated rings. The summed E-state index contributed by atoms with van der Waals surface area (Å²) >= 11 is 0. The van der Waals surface area contributed by atoms with Gasteiger partial charge in [-0.15, -0.1) is 0 Å². The third-order valence-corrected chi connectivity index (χ3v) is 4.92. The average Bonchev–Trinajstić information content (AvgIpc) is 3.15. The number of aromatic nitrogens is 4. The van der Waals surface area contributed by atoms with Gasteiger partial charge in [0.15, 0.2) is 0 Å². The normalized spacial score (nSPS) is 17.6. The molecule has 1 atom stereocenters. The first-order valence-corrected chi connectivity index (χ1v) is 9.21. The van der Waals surface area contributed by atoms with Gasteiger partial charge < -0.3 is 9.64 Å². The van der Waals surface area contributed by atoms with Gasteiger partial charge in [0.05, 0.1) is 18.8 Å². The SMILES string of the molecule is Cc1cc(C2CN(C(=O)c3ccc(C(C)C)cc3)CCO2)n2ncnc2n1. The molecule has 1 amide bonds. The molecule has 1 aliphatic rings. The van der Waals surface area contributed by atoms with Crippen LogP contribution in [0.5, 0.6) is 0 Å². The molecule has 1 saturated heterocycles. The molecule has 0 saturated carbocycles. The minimum atomic E-state index is -0.261. The number of morpholine rings is 1. The number of fused-ring (bicyclic) bond motifs is 1. The van der Waals surface area contributed by atoms with E-state index in [9.17, 15) is 4.79 Å². The van der Waals surface area contributed by atoms with Gasteiger partial charge in [-0.1, -0.05) is 26.0 Å². The number of rotatable bonds is 3. The van der Waals surface area contributed by atoms with Gasteiger partial charge in [-0.2, -0.15) is 14.6 Å². The van der Waals surface area contributed by atoms with Crippen molar-refractivity contribution in [2.45, 2.75) is 32.8 Å². The van der Waals surface area contributed by atoms with Gasteiger partial charge in [0.2, 0.25) is 0 Å². The van der Waals surface area contributed by atoms with Crippen LogP contribution in [-0.4, -0.2) is 50.1 Å². The maximum atomic E-state index is 13.0. The van der Waals surface area contributed by atoms with Crippen molar-refractivity contribution >= 4 is 11.7 Å². The van der Waals surface area contributed by atoms with Gasteiger partial charge in [0, 0.05) is 17.8 Å². The van der Waals surface area contributed by atoms with Crippen molar-refractivity contribution < 1.29 is 9.53 Å². The zero-order valence-electron chi connectivity index (χ0n) is 15.8. The highest BCUT2D eigenvalue weighted by atomic mass is 16.5. The number of hydrogen-bond donors (Lipinski definition) is 0. The van der Waals surface area contributed by atoms with Crippen molar-refractivity contribution in [1.82, 2.24) is 24.5 Å². The smallest absolute Gasteiger partial charge is 0.254 e. The molecule has 1 aromatic carbocycles. The van der Waals surface area contributed by atoms with Crippen LogP contribution in [0.3, 0.4) is 0 Å². The first kappa shape index (κ1) is 17.6. The Morgan fingerprint density at radius 3 is 2.78 bits per heavy atom. The van der Waals surface area contributed by atoms with Crippen LogP contribution in [0.25, 0.3) is 5.78 Å². The number of nitrogens with zero attached hydrogens (tertiary/aromatic N) is 5. The van der Waals surface area contributed by atoms with Crippen molar-refractivity contribution in [3.05, 3.63) is 59.2 Å². The first-order chi connectivity index (χ1) is 13.0. The Kier molecular flexibility index (Phi) is 4.61. The van der Waals surface area contributed by atoms with Crippen LogP contribution in [0, 0.1) is 6.92 Å². The molecule has 3 heterocycles. The van der Waals surface area contributed by atoms with Crippen LogP contribution < -0.4 is 0 Å². The van der Waals surface area contributed by atoms with Crippen molar-refractivity contribution in [2.75, 3.05) is 19.7 Å². The standard InChI is InChI=1S/C20H23N5O2/c1-13(2)15-4-6-16(7-5-15)19(26)24-8-9-27-18(11-24)17-10-14(3)23-20-21-12-22-25(17)20/h4-7,10,12-13,18H,8-9,11H2,1-3H3. The van der Waals surface area contributed by atoms with Crippen molar-refractivity contribution in [1.29, 1.82) is 0 Å². The fourth-order valence-corrected chi connectivity index (χ4v) is 3.39. The molecule has 140 valence electrons. The molecule has 7 heteroatoms. The predicted molar refractivity (Wildman–Crippen MR) is 101 cm³/mol. The van der Waals surface area contributed by atoms with E-state index >= 15 is 0 Å². The van der Waals surface area contributed by atoms with E-state index in [0.29, 0.717) is 37.0 Å². The van der Waals surface area contributed by atoms with E-state index in [2.05, 4.69) is 28.9 Å². The zero-order chi connectivity index (χ0) is 19.0. The van der Waals surface area contributed by atoms with Gasteiger partial charge in [0.1, 0.15) is 12.4 Å². The van der Waals surface area contributed by atoms with Gasteiger partial charge >= 0.3 is 0 Å². The Hall–Kier alpha value is -2.80. The number of carbonyl (C=O) groups excluding carboxylic acids is 1. The largest absolute Gasteiger partial charge is 0.368 e. The lowest BCUT2D eigenvalue weighted by molar-refractivity contribution is -0.0257. The van der Waals surface area contributed by atoms with Gasteiger partial charge in [-0.25, -0.2) is 4.98 Å². The molecule has 3 aromatic rings. The molecule has 1 aliphatic heterocycles. The number of amides is 1. The molecule has 0 aliphatic carbocycles. The monoisotopic (exact) mass is 365 g/mol. The van der Waals surface area contributed by atoms with Crippen molar-refractivity contribution in [3.8, 4) is 0 Å². The topological polar surface area (TPSA) is 72.6 Å². The molecule has 1 unspecified atom stereocenters. The minimum Gasteiger partial charge on any atom is -0.368 e. The Labute approximate surface area is 158 Å². The Balaban J connectivity index is 1.57. The van der Waals surface area contributed by atoms with E-state index in [1.54, 1.807) is 4.52 Å².